The monoisotopic (exact) mass is 490 g/mol. The van der Waals surface area contributed by atoms with E-state index >= 15 is 0 Å². The lowest BCUT2D eigenvalue weighted by Crippen LogP contribution is -2.39. The van der Waals surface area contributed by atoms with Crippen molar-refractivity contribution >= 4 is 34.7 Å². The van der Waals surface area contributed by atoms with E-state index in [1.54, 1.807) is 31.2 Å². The molecule has 178 valence electrons. The number of allylic oxidation sites excluding steroid dienone is 2. The highest BCUT2D eigenvalue weighted by Gasteiger charge is 2.42. The van der Waals surface area contributed by atoms with Crippen LogP contribution < -0.4 is 10.1 Å². The van der Waals surface area contributed by atoms with E-state index in [0.717, 1.165) is 18.2 Å². The van der Waals surface area contributed by atoms with Gasteiger partial charge in [-0.3, -0.25) is 14.6 Å². The molecule has 5 nitrogen and oxygen atoms in total. The number of Topliss-reactive ketones (excluding diaryl/α,β-unsaturated/α-hetero) is 1. The van der Waals surface area contributed by atoms with Crippen LogP contribution in [0.1, 0.15) is 43.2 Å². The van der Waals surface area contributed by atoms with E-state index in [4.69, 9.17) is 16.3 Å². The van der Waals surface area contributed by atoms with Crippen molar-refractivity contribution in [3.05, 3.63) is 69.9 Å². The fourth-order valence-corrected chi connectivity index (χ4v) is 4.71. The maximum Gasteiger partial charge on any atom is 0.416 e. The Morgan fingerprint density at radius 3 is 2.65 bits per heavy atom. The Morgan fingerprint density at radius 2 is 1.94 bits per heavy atom. The van der Waals surface area contributed by atoms with Gasteiger partial charge in [0.15, 0.2) is 5.78 Å². The number of nitrogens with zero attached hydrogens (tertiary/aromatic N) is 1. The minimum atomic E-state index is -4.59. The van der Waals surface area contributed by atoms with Crippen molar-refractivity contribution in [1.29, 1.82) is 0 Å². The van der Waals surface area contributed by atoms with Gasteiger partial charge in [0.2, 0.25) is 5.91 Å². The lowest BCUT2D eigenvalue weighted by molar-refractivity contribution is -0.137. The number of hydrogen-bond donors (Lipinski definition) is 1. The van der Waals surface area contributed by atoms with Gasteiger partial charge in [0.1, 0.15) is 5.75 Å². The molecule has 0 saturated carbocycles. The van der Waals surface area contributed by atoms with Crippen LogP contribution in [-0.4, -0.2) is 24.5 Å². The summed E-state index contributed by atoms with van der Waals surface area (Å²) in [6.07, 6.45) is -2.95. The normalized spacial score (nSPS) is 20.5. The lowest BCUT2D eigenvalue weighted by atomic mass is 9.71. The molecule has 1 heterocycles. The number of amides is 1. The van der Waals surface area contributed by atoms with Gasteiger partial charge in [0, 0.05) is 29.3 Å². The number of carbonyl (C=O) groups excluding carboxylic acids is 2. The molecule has 1 aliphatic carbocycles. The minimum absolute atomic E-state index is 0.0293. The van der Waals surface area contributed by atoms with Crippen LogP contribution in [0.25, 0.3) is 0 Å². The van der Waals surface area contributed by atoms with Crippen molar-refractivity contribution in [1.82, 2.24) is 0 Å². The van der Waals surface area contributed by atoms with Crippen molar-refractivity contribution < 1.29 is 27.5 Å². The van der Waals surface area contributed by atoms with Crippen LogP contribution in [0.3, 0.4) is 0 Å². The summed E-state index contributed by atoms with van der Waals surface area (Å²) in [5, 5.41) is 2.52. The van der Waals surface area contributed by atoms with E-state index < -0.39 is 29.5 Å². The Kier molecular flexibility index (Phi) is 6.53. The molecule has 0 spiro atoms. The largest absolute Gasteiger partial charge is 0.497 e. The van der Waals surface area contributed by atoms with Crippen LogP contribution in [0.15, 0.2) is 58.7 Å². The van der Waals surface area contributed by atoms with Crippen molar-refractivity contribution in [2.24, 2.45) is 10.9 Å². The molecule has 2 atom stereocenters. The van der Waals surface area contributed by atoms with E-state index in [9.17, 15) is 22.8 Å². The Morgan fingerprint density at radius 1 is 1.18 bits per heavy atom. The van der Waals surface area contributed by atoms with Gasteiger partial charge in [-0.25, -0.2) is 0 Å². The predicted molar refractivity (Wildman–Crippen MR) is 123 cm³/mol. The molecule has 0 saturated heterocycles. The van der Waals surface area contributed by atoms with Gasteiger partial charge in [-0.2, -0.15) is 13.2 Å². The van der Waals surface area contributed by atoms with Gasteiger partial charge in [-0.1, -0.05) is 23.7 Å². The molecular formula is C25H22ClF3N2O3. The highest BCUT2D eigenvalue weighted by molar-refractivity contribution is 6.34. The van der Waals surface area contributed by atoms with Gasteiger partial charge >= 0.3 is 6.18 Å². The lowest BCUT2D eigenvalue weighted by Gasteiger charge is -2.35. The van der Waals surface area contributed by atoms with Gasteiger partial charge in [0.25, 0.3) is 0 Å². The van der Waals surface area contributed by atoms with Gasteiger partial charge < -0.3 is 10.1 Å². The van der Waals surface area contributed by atoms with Crippen LogP contribution in [0, 0.1) is 5.92 Å². The number of rotatable bonds is 4. The maximum absolute atomic E-state index is 13.5. The Balaban J connectivity index is 1.78. The molecular weight excluding hydrogens is 469 g/mol. The molecule has 0 bridgehead atoms. The number of benzene rings is 2. The van der Waals surface area contributed by atoms with Crippen LogP contribution in [0.2, 0.25) is 5.02 Å². The molecule has 1 N–H and O–H groups in total. The third kappa shape index (κ3) is 4.59. The highest BCUT2D eigenvalue weighted by Crippen LogP contribution is 2.44. The summed E-state index contributed by atoms with van der Waals surface area (Å²) in [5.74, 6) is -1.69. The number of aliphatic imine (C=N–C) groups is 1. The second-order valence-corrected chi connectivity index (χ2v) is 8.71. The summed E-state index contributed by atoms with van der Waals surface area (Å²) in [7, 11) is 1.52. The van der Waals surface area contributed by atoms with Crippen LogP contribution in [0.5, 0.6) is 5.75 Å². The molecule has 4 rings (SSSR count). The van der Waals surface area contributed by atoms with E-state index in [1.165, 1.54) is 7.11 Å². The zero-order chi connectivity index (χ0) is 24.6. The van der Waals surface area contributed by atoms with E-state index in [2.05, 4.69) is 10.3 Å². The Hall–Kier alpha value is -3.13. The Labute approximate surface area is 199 Å². The zero-order valence-electron chi connectivity index (χ0n) is 18.5. The first-order chi connectivity index (χ1) is 16.1. The third-order valence-corrected chi connectivity index (χ3v) is 6.45. The molecule has 0 fully saturated rings. The van der Waals surface area contributed by atoms with Crippen molar-refractivity contribution in [3.63, 3.8) is 0 Å². The first-order valence-electron chi connectivity index (χ1n) is 10.7. The number of nitrogens with one attached hydrogen (secondary N) is 1. The van der Waals surface area contributed by atoms with E-state index in [1.807, 2.05) is 0 Å². The summed E-state index contributed by atoms with van der Waals surface area (Å²) in [5.41, 5.74) is 1.20. The van der Waals surface area contributed by atoms with Crippen molar-refractivity contribution in [2.75, 3.05) is 12.4 Å². The molecule has 1 amide bonds. The second-order valence-electron chi connectivity index (χ2n) is 8.30. The molecule has 9 heteroatoms. The summed E-state index contributed by atoms with van der Waals surface area (Å²) >= 11 is 6.10. The fourth-order valence-electron chi connectivity index (χ4n) is 4.55. The molecule has 2 aromatic carbocycles. The zero-order valence-corrected chi connectivity index (χ0v) is 19.3. The van der Waals surface area contributed by atoms with Gasteiger partial charge in [-0.15, -0.1) is 0 Å². The number of hydrogen-bond acceptors (Lipinski definition) is 4. The number of anilines is 1. The van der Waals surface area contributed by atoms with Crippen molar-refractivity contribution in [3.8, 4) is 5.75 Å². The number of ketones is 1. The average molecular weight is 491 g/mol. The number of halogens is 4. The molecule has 2 aromatic rings. The smallest absolute Gasteiger partial charge is 0.416 e. The summed E-state index contributed by atoms with van der Waals surface area (Å²) in [4.78, 5) is 31.1. The fraction of sp³-hybridized carbons (Fsp3) is 0.320. The third-order valence-electron chi connectivity index (χ3n) is 6.12. The standard InChI is InChI=1S/C25H22ClF3N2O3/c1-13-21(24(33)31-19-12-15(25(27,28)29)9-10-17(19)26)22(14-5-3-6-16(11-14)34-2)23-18(30-13)7-4-8-20(23)32/h3,5-6,9-12,21-22H,4,7-8H2,1-2H3,(H,31,33)/t21?,22-/m0/s1. The second kappa shape index (κ2) is 9.25. The molecule has 0 aromatic heterocycles. The number of alkyl halides is 3. The van der Waals surface area contributed by atoms with Crippen LogP contribution in [0.4, 0.5) is 18.9 Å². The minimum Gasteiger partial charge on any atom is -0.497 e. The maximum atomic E-state index is 13.5. The molecule has 2 aliphatic rings. The van der Waals surface area contributed by atoms with Crippen LogP contribution in [-0.2, 0) is 15.8 Å². The highest BCUT2D eigenvalue weighted by atomic mass is 35.5. The van der Waals surface area contributed by atoms with E-state index in [0.29, 0.717) is 47.6 Å². The first kappa shape index (κ1) is 24.0. The molecule has 34 heavy (non-hydrogen) atoms. The number of ether oxygens (including phenoxy) is 1. The number of methoxy groups -OCH3 is 1. The molecule has 1 unspecified atom stereocenters. The number of carbonyl (C=O) groups is 2. The SMILES string of the molecule is COc1cccc([C@@H]2C3=C(CCCC3=O)N=C(C)C2C(=O)Nc2cc(C(F)(F)F)ccc2Cl)c1. The summed E-state index contributed by atoms with van der Waals surface area (Å²) < 4.78 is 45.0. The predicted octanol–water partition coefficient (Wildman–Crippen LogP) is 6.19. The van der Waals surface area contributed by atoms with Crippen LogP contribution >= 0.6 is 11.6 Å². The average Bonchev–Trinajstić information content (AvgIpc) is 2.79. The quantitative estimate of drug-likeness (QED) is 0.556. The molecule has 0 radical (unpaired) electrons. The first-order valence-corrected chi connectivity index (χ1v) is 11.1. The summed E-state index contributed by atoms with van der Waals surface area (Å²) in [6, 6.07) is 9.81. The summed E-state index contributed by atoms with van der Waals surface area (Å²) in [6.45, 7) is 1.69. The Bertz CT molecular complexity index is 1220. The van der Waals surface area contributed by atoms with Crippen molar-refractivity contribution in [2.45, 2.75) is 38.3 Å². The van der Waals surface area contributed by atoms with Gasteiger partial charge in [-0.05, 0) is 55.7 Å². The van der Waals surface area contributed by atoms with E-state index in [-0.39, 0.29) is 16.5 Å². The molecule has 1 aliphatic heterocycles. The van der Waals surface area contributed by atoms with Gasteiger partial charge in [0.05, 0.1) is 29.3 Å². The topological polar surface area (TPSA) is 67.8 Å².